The van der Waals surface area contributed by atoms with Crippen LogP contribution in [0.2, 0.25) is 10.0 Å². The zero-order valence-corrected chi connectivity index (χ0v) is 17.5. The number of carbonyl (C=O) groups is 1. The summed E-state index contributed by atoms with van der Waals surface area (Å²) in [5, 5.41) is 3.36. The quantitative estimate of drug-likeness (QED) is 0.663. The maximum absolute atomic E-state index is 13.0. The number of anilines is 1. The molecule has 152 valence electrons. The van der Waals surface area contributed by atoms with Crippen LogP contribution < -0.4 is 21.3 Å². The van der Waals surface area contributed by atoms with Gasteiger partial charge in [-0.05, 0) is 32.0 Å². The number of ether oxygens (including phenoxy) is 1. The first-order valence-corrected chi connectivity index (χ1v) is 9.47. The molecule has 0 atom stereocenters. The van der Waals surface area contributed by atoms with Gasteiger partial charge in [-0.1, -0.05) is 23.2 Å². The number of carbonyl (C=O) groups excluding carboxylic acids is 1. The summed E-state index contributed by atoms with van der Waals surface area (Å²) in [7, 11) is 1.48. The Morgan fingerprint density at radius 2 is 1.97 bits per heavy atom. The van der Waals surface area contributed by atoms with E-state index in [4.69, 9.17) is 27.9 Å². The maximum atomic E-state index is 13.0. The molecule has 29 heavy (non-hydrogen) atoms. The van der Waals surface area contributed by atoms with Gasteiger partial charge in [-0.3, -0.25) is 14.2 Å². The van der Waals surface area contributed by atoms with E-state index >= 15 is 0 Å². The van der Waals surface area contributed by atoms with Crippen molar-refractivity contribution in [2.45, 2.75) is 20.4 Å². The summed E-state index contributed by atoms with van der Waals surface area (Å²) < 4.78 is 7.67. The molecule has 2 aromatic heterocycles. The lowest BCUT2D eigenvalue weighted by Crippen LogP contribution is -2.42. The molecule has 0 radical (unpaired) electrons. The van der Waals surface area contributed by atoms with Crippen LogP contribution in [-0.4, -0.2) is 26.6 Å². The van der Waals surface area contributed by atoms with Crippen LogP contribution in [0.5, 0.6) is 5.75 Å². The summed E-state index contributed by atoms with van der Waals surface area (Å²) in [6, 6.07) is 4.57. The Morgan fingerprint density at radius 3 is 2.62 bits per heavy atom. The molecule has 3 aromatic rings. The van der Waals surface area contributed by atoms with Crippen LogP contribution in [-0.2, 0) is 18.4 Å². The Hall–Kier alpha value is -2.84. The number of hydrogen-bond acceptors (Lipinski definition) is 5. The van der Waals surface area contributed by atoms with Crippen molar-refractivity contribution in [2.24, 2.45) is 7.05 Å². The number of nitrogens with one attached hydrogen (secondary N) is 1. The summed E-state index contributed by atoms with van der Waals surface area (Å²) in [5.41, 5.74) is -0.0719. The van der Waals surface area contributed by atoms with Crippen LogP contribution in [0, 0.1) is 6.92 Å². The first kappa shape index (κ1) is 20.9. The van der Waals surface area contributed by atoms with Gasteiger partial charge in [-0.15, -0.1) is 0 Å². The highest BCUT2D eigenvalue weighted by Gasteiger charge is 2.19. The zero-order valence-electron chi connectivity index (χ0n) is 16.0. The molecule has 1 amide bonds. The second-order valence-electron chi connectivity index (χ2n) is 6.31. The van der Waals surface area contributed by atoms with E-state index in [2.05, 4.69) is 10.3 Å². The Balaban J connectivity index is 2.06. The van der Waals surface area contributed by atoms with E-state index in [-0.39, 0.29) is 16.1 Å². The molecule has 10 heteroatoms. The first-order chi connectivity index (χ1) is 13.7. The zero-order chi connectivity index (χ0) is 21.3. The minimum atomic E-state index is -0.661. The molecule has 3 rings (SSSR count). The van der Waals surface area contributed by atoms with E-state index in [1.54, 1.807) is 19.9 Å². The Bertz CT molecular complexity index is 1230. The van der Waals surface area contributed by atoms with Gasteiger partial charge < -0.3 is 10.1 Å². The molecule has 0 bridgehead atoms. The molecule has 0 unspecified atom stereocenters. The van der Waals surface area contributed by atoms with Crippen LogP contribution in [0.4, 0.5) is 5.69 Å². The van der Waals surface area contributed by atoms with Gasteiger partial charge in [0.25, 0.3) is 5.56 Å². The van der Waals surface area contributed by atoms with Crippen molar-refractivity contribution in [3.05, 3.63) is 60.8 Å². The minimum absolute atomic E-state index is 0.149. The maximum Gasteiger partial charge on any atom is 0.332 e. The number of rotatable bonds is 5. The molecule has 1 aromatic carbocycles. The number of benzene rings is 1. The van der Waals surface area contributed by atoms with Crippen LogP contribution in [0.25, 0.3) is 11.0 Å². The predicted octanol–water partition coefficient (Wildman–Crippen LogP) is 2.75. The molecule has 8 nitrogen and oxygen atoms in total. The second-order valence-corrected chi connectivity index (χ2v) is 7.13. The van der Waals surface area contributed by atoms with Crippen molar-refractivity contribution in [3.8, 4) is 5.75 Å². The first-order valence-electron chi connectivity index (χ1n) is 8.71. The molecular weight excluding hydrogens is 419 g/mol. The van der Waals surface area contributed by atoms with Gasteiger partial charge in [0, 0.05) is 24.5 Å². The van der Waals surface area contributed by atoms with E-state index < -0.39 is 23.7 Å². The van der Waals surface area contributed by atoms with Gasteiger partial charge in [-0.25, -0.2) is 14.3 Å². The molecular formula is C19H18Cl2N4O4. The predicted molar refractivity (Wildman–Crippen MR) is 112 cm³/mol. The molecule has 0 saturated carbocycles. The Morgan fingerprint density at radius 1 is 1.24 bits per heavy atom. The van der Waals surface area contributed by atoms with Crippen molar-refractivity contribution >= 4 is 45.8 Å². The SMILES string of the molecule is CCOc1c(C)cnc2c1c(=O)n(CC(=O)Nc1ccc(Cl)c(Cl)c1)c(=O)n2C. The summed E-state index contributed by atoms with van der Waals surface area (Å²) >= 11 is 11.8. The molecule has 0 fully saturated rings. The van der Waals surface area contributed by atoms with Crippen molar-refractivity contribution in [3.63, 3.8) is 0 Å². The highest BCUT2D eigenvalue weighted by Crippen LogP contribution is 2.25. The van der Waals surface area contributed by atoms with Gasteiger partial charge in [-0.2, -0.15) is 0 Å². The highest BCUT2D eigenvalue weighted by atomic mass is 35.5. The van der Waals surface area contributed by atoms with Crippen molar-refractivity contribution < 1.29 is 9.53 Å². The lowest BCUT2D eigenvalue weighted by molar-refractivity contribution is -0.116. The number of aryl methyl sites for hydroxylation is 2. The van der Waals surface area contributed by atoms with E-state index in [9.17, 15) is 14.4 Å². The largest absolute Gasteiger partial charge is 0.493 e. The molecule has 2 heterocycles. The number of nitrogens with zero attached hydrogens (tertiary/aromatic N) is 3. The summed E-state index contributed by atoms with van der Waals surface area (Å²) in [6.07, 6.45) is 1.54. The molecule has 0 saturated heterocycles. The van der Waals surface area contributed by atoms with E-state index in [1.807, 2.05) is 0 Å². The average molecular weight is 437 g/mol. The summed E-state index contributed by atoms with van der Waals surface area (Å²) in [5.74, 6) is -0.225. The number of halogens is 2. The Labute approximate surface area is 175 Å². The fourth-order valence-corrected chi connectivity index (χ4v) is 3.21. The van der Waals surface area contributed by atoms with Crippen LogP contribution in [0.1, 0.15) is 12.5 Å². The fourth-order valence-electron chi connectivity index (χ4n) is 2.91. The van der Waals surface area contributed by atoms with E-state index in [0.29, 0.717) is 28.6 Å². The van der Waals surface area contributed by atoms with Gasteiger partial charge in [0.05, 0.1) is 16.7 Å². The molecule has 0 aliphatic rings. The molecule has 1 N–H and O–H groups in total. The third-order valence-electron chi connectivity index (χ3n) is 4.28. The average Bonchev–Trinajstić information content (AvgIpc) is 2.68. The highest BCUT2D eigenvalue weighted by molar-refractivity contribution is 6.42. The Kier molecular flexibility index (Phi) is 5.95. The van der Waals surface area contributed by atoms with E-state index in [0.717, 1.165) is 4.57 Å². The van der Waals surface area contributed by atoms with Gasteiger partial charge in [0.1, 0.15) is 17.7 Å². The smallest absolute Gasteiger partial charge is 0.332 e. The van der Waals surface area contributed by atoms with Crippen LogP contribution >= 0.6 is 23.2 Å². The number of fused-ring (bicyclic) bond motifs is 1. The normalized spacial score (nSPS) is 10.9. The van der Waals surface area contributed by atoms with Crippen molar-refractivity contribution in [1.82, 2.24) is 14.1 Å². The lowest BCUT2D eigenvalue weighted by atomic mass is 10.2. The standard InChI is InChI=1S/C19H18Cl2N4O4/c1-4-29-16-10(2)8-22-17-15(16)18(27)25(19(28)24(17)3)9-14(26)23-11-5-6-12(20)13(21)7-11/h5-8H,4,9H2,1-3H3,(H,23,26). The second kappa shape index (κ2) is 8.26. The topological polar surface area (TPSA) is 95.2 Å². The number of amides is 1. The number of pyridine rings is 1. The number of aromatic nitrogens is 3. The van der Waals surface area contributed by atoms with Crippen LogP contribution in [0.3, 0.4) is 0 Å². The molecule has 0 aliphatic heterocycles. The lowest BCUT2D eigenvalue weighted by Gasteiger charge is -2.14. The fraction of sp³-hybridized carbons (Fsp3) is 0.263. The van der Waals surface area contributed by atoms with Crippen LogP contribution in [0.15, 0.2) is 34.0 Å². The van der Waals surface area contributed by atoms with Crippen molar-refractivity contribution in [2.75, 3.05) is 11.9 Å². The third kappa shape index (κ3) is 3.99. The minimum Gasteiger partial charge on any atom is -0.493 e. The molecule has 0 spiro atoms. The summed E-state index contributed by atoms with van der Waals surface area (Å²) in [6.45, 7) is 3.39. The monoisotopic (exact) mass is 436 g/mol. The van der Waals surface area contributed by atoms with Gasteiger partial charge >= 0.3 is 5.69 Å². The van der Waals surface area contributed by atoms with E-state index in [1.165, 1.54) is 29.9 Å². The summed E-state index contributed by atoms with van der Waals surface area (Å²) in [4.78, 5) is 42.4. The van der Waals surface area contributed by atoms with Gasteiger partial charge in [0.15, 0.2) is 5.65 Å². The third-order valence-corrected chi connectivity index (χ3v) is 5.02. The molecule has 0 aliphatic carbocycles. The van der Waals surface area contributed by atoms with Gasteiger partial charge in [0.2, 0.25) is 5.91 Å². The number of hydrogen-bond donors (Lipinski definition) is 1. The van der Waals surface area contributed by atoms with Crippen molar-refractivity contribution in [1.29, 1.82) is 0 Å².